The van der Waals surface area contributed by atoms with Gasteiger partial charge in [-0.3, -0.25) is 4.79 Å². The molecule has 3 heterocycles. The van der Waals surface area contributed by atoms with Crippen molar-refractivity contribution in [3.05, 3.63) is 109 Å². The van der Waals surface area contributed by atoms with Crippen molar-refractivity contribution in [2.75, 3.05) is 26.4 Å². The molecule has 3 saturated heterocycles. The van der Waals surface area contributed by atoms with Crippen LogP contribution in [-0.4, -0.2) is 193 Å². The maximum atomic E-state index is 13.3. The maximum absolute atomic E-state index is 13.3. The van der Waals surface area contributed by atoms with Gasteiger partial charge in [-0.25, -0.2) is 0 Å². The van der Waals surface area contributed by atoms with Gasteiger partial charge in [-0.15, -0.1) is 0 Å². The minimum absolute atomic E-state index is 0.236. The first kappa shape index (κ1) is 82.7. The third-order valence-electron chi connectivity index (χ3n) is 16.8. The summed E-state index contributed by atoms with van der Waals surface area (Å²) in [5.74, 6) is -0.284. The minimum atomic E-state index is -1.98. The molecule has 19 heteroatoms. The lowest BCUT2D eigenvalue weighted by molar-refractivity contribution is -0.379. The summed E-state index contributed by atoms with van der Waals surface area (Å²) in [6.07, 6.45) is 45.5. The van der Waals surface area contributed by atoms with Gasteiger partial charge in [-0.05, 0) is 83.5 Å². The SMILES string of the molecule is CC/C=C\C/C=C\C/C=C\C/C=C\C/C=C\C/C=C\C/C=C\C/C=C\CCCCCCCCCCCCCCCCC(=O)NC(COC1OC(CO)C(OC2OC(CO)C(OC3OC(CO)C(O)C(O)C3O)C(O)C2O)C(O)C1O)C(O)/C=C/CCCCCCCC. The fraction of sp³-hybridized carbons (Fsp3) is 0.740. The number of unbranched alkanes of at least 4 members (excludes halogenated alkanes) is 20. The first-order valence-corrected chi connectivity index (χ1v) is 35.1. The number of carbonyl (C=O) groups is 1. The van der Waals surface area contributed by atoms with E-state index >= 15 is 0 Å². The minimum Gasteiger partial charge on any atom is -0.394 e. The van der Waals surface area contributed by atoms with Crippen molar-refractivity contribution in [1.82, 2.24) is 5.32 Å². The summed E-state index contributed by atoms with van der Waals surface area (Å²) < 4.78 is 34.2. The highest BCUT2D eigenvalue weighted by Gasteiger charge is 2.53. The van der Waals surface area contributed by atoms with E-state index in [1.54, 1.807) is 6.08 Å². The van der Waals surface area contributed by atoms with Gasteiger partial charge >= 0.3 is 0 Å². The molecule has 0 aliphatic carbocycles. The lowest BCUT2D eigenvalue weighted by atomic mass is 9.96. The Labute approximate surface area is 551 Å². The van der Waals surface area contributed by atoms with Gasteiger partial charge < -0.3 is 89.9 Å². The summed E-state index contributed by atoms with van der Waals surface area (Å²) in [4.78, 5) is 13.3. The number of aliphatic hydroxyl groups is 11. The number of hydrogen-bond acceptors (Lipinski definition) is 18. The number of nitrogens with one attached hydrogen (secondary N) is 1. The second kappa shape index (κ2) is 53.6. The molecule has 19 nitrogen and oxygen atoms in total. The third kappa shape index (κ3) is 34.9. The van der Waals surface area contributed by atoms with Gasteiger partial charge in [0.1, 0.15) is 73.2 Å². The Bertz CT molecular complexity index is 2090. The molecule has 0 aromatic heterocycles. The van der Waals surface area contributed by atoms with Crippen molar-refractivity contribution >= 4 is 5.91 Å². The van der Waals surface area contributed by atoms with Gasteiger partial charge in [-0.2, -0.15) is 0 Å². The number of ether oxygens (including phenoxy) is 6. The van der Waals surface area contributed by atoms with E-state index in [4.69, 9.17) is 28.4 Å². The van der Waals surface area contributed by atoms with E-state index in [-0.39, 0.29) is 18.9 Å². The average Bonchev–Trinajstić information content (AvgIpc) is 0.830. The summed E-state index contributed by atoms with van der Waals surface area (Å²) in [7, 11) is 0. The normalized spacial score (nSPS) is 28.4. The van der Waals surface area contributed by atoms with Crippen LogP contribution < -0.4 is 5.32 Å². The van der Waals surface area contributed by atoms with Crippen LogP contribution in [0.4, 0.5) is 0 Å². The lowest BCUT2D eigenvalue weighted by Crippen LogP contribution is -2.66. The molecule has 3 aliphatic heterocycles. The van der Waals surface area contributed by atoms with Gasteiger partial charge in [0.25, 0.3) is 0 Å². The molecule has 3 aliphatic rings. The molecular formula is C73H123NO18. The molecule has 92 heavy (non-hydrogen) atoms. The van der Waals surface area contributed by atoms with Crippen molar-refractivity contribution in [2.24, 2.45) is 0 Å². The van der Waals surface area contributed by atoms with Crippen LogP contribution in [0.5, 0.6) is 0 Å². The molecule has 0 radical (unpaired) electrons. The van der Waals surface area contributed by atoms with E-state index in [9.17, 15) is 61.0 Å². The molecule has 1 amide bonds. The highest BCUT2D eigenvalue weighted by atomic mass is 16.8. The molecule has 17 unspecified atom stereocenters. The second-order valence-corrected chi connectivity index (χ2v) is 24.6. The summed E-state index contributed by atoms with van der Waals surface area (Å²) in [5.41, 5.74) is 0. The van der Waals surface area contributed by atoms with Gasteiger partial charge in [0.2, 0.25) is 5.91 Å². The Morgan fingerprint density at radius 2 is 0.750 bits per heavy atom. The van der Waals surface area contributed by atoms with Crippen molar-refractivity contribution in [3.8, 4) is 0 Å². The Morgan fingerprint density at radius 1 is 0.402 bits per heavy atom. The highest BCUT2D eigenvalue weighted by Crippen LogP contribution is 2.33. The summed E-state index contributed by atoms with van der Waals surface area (Å²) in [6.45, 7) is 1.54. The summed E-state index contributed by atoms with van der Waals surface area (Å²) in [6, 6.07) is -0.976. The van der Waals surface area contributed by atoms with Crippen LogP contribution in [0.3, 0.4) is 0 Å². The Kier molecular flexibility index (Phi) is 48.1. The van der Waals surface area contributed by atoms with Gasteiger partial charge in [0, 0.05) is 6.42 Å². The average molecular weight is 1300 g/mol. The van der Waals surface area contributed by atoms with Crippen molar-refractivity contribution in [2.45, 2.75) is 317 Å². The number of amides is 1. The summed E-state index contributed by atoms with van der Waals surface area (Å²) in [5, 5.41) is 120. The van der Waals surface area contributed by atoms with E-state index in [1.807, 2.05) is 6.08 Å². The molecule has 12 N–H and O–H groups in total. The quantitative estimate of drug-likeness (QED) is 0.0199. The van der Waals surface area contributed by atoms with Crippen molar-refractivity contribution < 1.29 is 89.4 Å². The molecule has 0 spiro atoms. The van der Waals surface area contributed by atoms with Crippen LogP contribution in [0.1, 0.15) is 213 Å². The molecule has 0 bridgehead atoms. The first-order valence-electron chi connectivity index (χ1n) is 35.1. The van der Waals surface area contributed by atoms with Crippen molar-refractivity contribution in [3.63, 3.8) is 0 Å². The van der Waals surface area contributed by atoms with E-state index in [1.165, 1.54) is 77.0 Å². The van der Waals surface area contributed by atoms with E-state index < -0.39 is 124 Å². The molecule has 0 saturated carbocycles. The molecule has 17 atom stereocenters. The van der Waals surface area contributed by atoms with E-state index in [0.29, 0.717) is 6.42 Å². The zero-order valence-corrected chi connectivity index (χ0v) is 55.7. The topological polar surface area (TPSA) is 307 Å². The van der Waals surface area contributed by atoms with E-state index in [2.05, 4.69) is 116 Å². The predicted molar refractivity (Wildman–Crippen MR) is 360 cm³/mol. The smallest absolute Gasteiger partial charge is 0.220 e. The zero-order valence-electron chi connectivity index (χ0n) is 55.7. The Hall–Kier alpha value is -3.55. The lowest BCUT2D eigenvalue weighted by Gasteiger charge is -2.48. The predicted octanol–water partition coefficient (Wildman–Crippen LogP) is 9.44. The molecule has 528 valence electrons. The fourth-order valence-corrected chi connectivity index (χ4v) is 11.1. The van der Waals surface area contributed by atoms with Crippen LogP contribution in [-0.2, 0) is 33.2 Å². The number of aliphatic hydroxyl groups excluding tert-OH is 11. The van der Waals surface area contributed by atoms with E-state index in [0.717, 1.165) is 109 Å². The van der Waals surface area contributed by atoms with Crippen molar-refractivity contribution in [1.29, 1.82) is 0 Å². The van der Waals surface area contributed by atoms with Crippen LogP contribution in [0, 0.1) is 0 Å². The summed E-state index contributed by atoms with van der Waals surface area (Å²) >= 11 is 0. The zero-order chi connectivity index (χ0) is 66.8. The van der Waals surface area contributed by atoms with Gasteiger partial charge in [-0.1, -0.05) is 232 Å². The largest absolute Gasteiger partial charge is 0.394 e. The monoisotopic (exact) mass is 1300 g/mol. The van der Waals surface area contributed by atoms with Gasteiger partial charge in [0.05, 0.1) is 38.6 Å². The fourth-order valence-electron chi connectivity index (χ4n) is 11.1. The molecule has 0 aromatic carbocycles. The Balaban J connectivity index is 1.28. The maximum Gasteiger partial charge on any atom is 0.220 e. The number of rotatable bonds is 52. The van der Waals surface area contributed by atoms with Crippen LogP contribution in [0.25, 0.3) is 0 Å². The molecule has 3 fully saturated rings. The number of allylic oxidation sites excluding steroid dienone is 17. The van der Waals surface area contributed by atoms with Crippen LogP contribution >= 0.6 is 0 Å². The molecular weight excluding hydrogens is 1180 g/mol. The standard InChI is InChI=1S/C73H123NO18/c1-3-5-7-9-11-13-14-15-16-17-18-19-20-21-22-23-24-25-26-27-28-29-30-31-32-33-34-35-36-37-38-39-40-41-42-43-45-47-49-51-61(79)74-56(57(78)50-48-46-44-12-10-8-6-4-2)55-87-71-67(85)64(82)69(59(53-76)89-71)92-73-68(86)65(83)70(60(54-77)90-73)91-72-66(84)63(81)62(80)58(52-75)88-72/h5,7,11,13,15-16,18-19,21-22,24-25,27-28,30-31,48,50,56-60,62-73,75-78,80-86H,3-4,6,8-10,12,14,17,20,23,26,29,32-47,49,51-55H2,1-2H3,(H,74,79)/b7-5-,13-11-,16-15-,19-18-,22-21-,25-24-,28-27-,31-30-,50-48+. The number of hydrogen-bond donors (Lipinski definition) is 12. The highest BCUT2D eigenvalue weighted by molar-refractivity contribution is 5.76. The second-order valence-electron chi connectivity index (χ2n) is 24.6. The van der Waals surface area contributed by atoms with Crippen LogP contribution in [0.15, 0.2) is 109 Å². The molecule has 3 rings (SSSR count). The van der Waals surface area contributed by atoms with Crippen LogP contribution in [0.2, 0.25) is 0 Å². The van der Waals surface area contributed by atoms with Gasteiger partial charge in [0.15, 0.2) is 18.9 Å². The third-order valence-corrected chi connectivity index (χ3v) is 16.8. The number of carbonyl (C=O) groups excluding carboxylic acids is 1. The Morgan fingerprint density at radius 3 is 1.17 bits per heavy atom. The molecule has 0 aromatic rings. The first-order chi connectivity index (χ1) is 44.8.